The van der Waals surface area contributed by atoms with Crippen LogP contribution in [-0.2, 0) is 0 Å². The Morgan fingerprint density at radius 1 is 1.25 bits per heavy atom. The zero-order valence-corrected chi connectivity index (χ0v) is 9.94. The maximum Gasteiger partial charge on any atom is 0.219 e. The van der Waals surface area contributed by atoms with Crippen molar-refractivity contribution < 1.29 is 4.74 Å². The van der Waals surface area contributed by atoms with Crippen LogP contribution in [0.2, 0.25) is 0 Å². The van der Waals surface area contributed by atoms with Gasteiger partial charge < -0.3 is 4.74 Å². The summed E-state index contributed by atoms with van der Waals surface area (Å²) in [6.45, 7) is 0. The van der Waals surface area contributed by atoms with E-state index in [1.54, 1.807) is 18.3 Å². The van der Waals surface area contributed by atoms with E-state index < -0.39 is 0 Å². The standard InChI is InChI=1S/C13H8BrNO/c1-2-10-6-7-13(15-9-10)16-12-5-3-4-11(14)8-12/h1,3-9H. The summed E-state index contributed by atoms with van der Waals surface area (Å²) in [6, 6.07) is 11.1. The molecular weight excluding hydrogens is 266 g/mol. The van der Waals surface area contributed by atoms with Crippen molar-refractivity contribution in [1.82, 2.24) is 4.98 Å². The van der Waals surface area contributed by atoms with E-state index >= 15 is 0 Å². The predicted molar refractivity (Wildman–Crippen MR) is 66.4 cm³/mol. The van der Waals surface area contributed by atoms with Crippen LogP contribution in [0.5, 0.6) is 11.6 Å². The van der Waals surface area contributed by atoms with Crippen LogP contribution in [-0.4, -0.2) is 4.98 Å². The Hall–Kier alpha value is -1.79. The van der Waals surface area contributed by atoms with E-state index in [1.807, 2.05) is 24.3 Å². The van der Waals surface area contributed by atoms with Gasteiger partial charge >= 0.3 is 0 Å². The summed E-state index contributed by atoms with van der Waals surface area (Å²) in [5, 5.41) is 0. The lowest BCUT2D eigenvalue weighted by Gasteiger charge is -2.04. The molecule has 0 bridgehead atoms. The molecule has 0 N–H and O–H groups in total. The largest absolute Gasteiger partial charge is 0.439 e. The lowest BCUT2D eigenvalue weighted by molar-refractivity contribution is 0.462. The molecule has 0 radical (unpaired) electrons. The molecule has 0 atom stereocenters. The summed E-state index contributed by atoms with van der Waals surface area (Å²) in [6.07, 6.45) is 6.84. The van der Waals surface area contributed by atoms with Gasteiger partial charge in [-0.05, 0) is 24.3 Å². The van der Waals surface area contributed by atoms with Gasteiger partial charge in [0, 0.05) is 22.3 Å². The summed E-state index contributed by atoms with van der Waals surface area (Å²) < 4.78 is 6.51. The van der Waals surface area contributed by atoms with Crippen molar-refractivity contribution >= 4 is 15.9 Å². The Bertz CT molecular complexity index is 528. The van der Waals surface area contributed by atoms with Crippen LogP contribution in [0.15, 0.2) is 47.1 Å². The topological polar surface area (TPSA) is 22.1 Å². The first-order valence-electron chi connectivity index (χ1n) is 4.64. The summed E-state index contributed by atoms with van der Waals surface area (Å²) in [7, 11) is 0. The highest BCUT2D eigenvalue weighted by Gasteiger charge is 1.98. The Morgan fingerprint density at radius 2 is 2.12 bits per heavy atom. The molecule has 1 heterocycles. The molecule has 3 heteroatoms. The number of terminal acetylenes is 1. The Balaban J connectivity index is 2.18. The molecule has 0 saturated heterocycles. The van der Waals surface area contributed by atoms with Crippen LogP contribution in [0.3, 0.4) is 0 Å². The van der Waals surface area contributed by atoms with Crippen LogP contribution >= 0.6 is 15.9 Å². The van der Waals surface area contributed by atoms with Crippen LogP contribution in [0.1, 0.15) is 5.56 Å². The molecule has 0 unspecified atom stereocenters. The molecule has 2 aromatic rings. The van der Waals surface area contributed by atoms with Gasteiger partial charge in [-0.2, -0.15) is 0 Å². The molecule has 0 aliphatic rings. The monoisotopic (exact) mass is 273 g/mol. The number of rotatable bonds is 2. The number of hydrogen-bond acceptors (Lipinski definition) is 2. The average molecular weight is 274 g/mol. The van der Waals surface area contributed by atoms with Crippen LogP contribution < -0.4 is 4.74 Å². The second-order valence-electron chi connectivity index (χ2n) is 3.09. The van der Waals surface area contributed by atoms with E-state index in [0.717, 1.165) is 15.8 Å². The Morgan fingerprint density at radius 3 is 2.75 bits per heavy atom. The lowest BCUT2D eigenvalue weighted by atomic mass is 10.3. The van der Waals surface area contributed by atoms with Gasteiger partial charge in [0.05, 0.1) is 0 Å². The summed E-state index contributed by atoms with van der Waals surface area (Å²) in [5.74, 6) is 3.76. The van der Waals surface area contributed by atoms with Gasteiger partial charge in [0.2, 0.25) is 5.88 Å². The summed E-state index contributed by atoms with van der Waals surface area (Å²) >= 11 is 3.37. The zero-order valence-electron chi connectivity index (χ0n) is 8.35. The van der Waals surface area contributed by atoms with E-state index in [-0.39, 0.29) is 0 Å². The molecule has 0 spiro atoms. The minimum Gasteiger partial charge on any atom is -0.439 e. The molecule has 1 aromatic carbocycles. The van der Waals surface area contributed by atoms with Gasteiger partial charge in [0.1, 0.15) is 5.75 Å². The van der Waals surface area contributed by atoms with E-state index in [2.05, 4.69) is 26.8 Å². The van der Waals surface area contributed by atoms with Gasteiger partial charge in [-0.25, -0.2) is 4.98 Å². The van der Waals surface area contributed by atoms with Crippen molar-refractivity contribution in [2.45, 2.75) is 0 Å². The van der Waals surface area contributed by atoms with Crippen molar-refractivity contribution in [1.29, 1.82) is 0 Å². The molecule has 1 aromatic heterocycles. The van der Waals surface area contributed by atoms with Gasteiger partial charge in [0.15, 0.2) is 0 Å². The number of aromatic nitrogens is 1. The highest BCUT2D eigenvalue weighted by Crippen LogP contribution is 2.22. The van der Waals surface area contributed by atoms with Gasteiger partial charge in [-0.15, -0.1) is 6.42 Å². The molecule has 0 saturated carbocycles. The van der Waals surface area contributed by atoms with Crippen LogP contribution in [0.4, 0.5) is 0 Å². The molecular formula is C13H8BrNO. The maximum absolute atomic E-state index is 5.55. The van der Waals surface area contributed by atoms with E-state index in [9.17, 15) is 0 Å². The summed E-state index contributed by atoms with van der Waals surface area (Å²) in [5.41, 5.74) is 0.738. The molecule has 0 fully saturated rings. The average Bonchev–Trinajstić information content (AvgIpc) is 2.30. The molecule has 0 aliphatic carbocycles. The van der Waals surface area contributed by atoms with Crippen molar-refractivity contribution in [2.75, 3.05) is 0 Å². The van der Waals surface area contributed by atoms with Gasteiger partial charge in [-0.3, -0.25) is 0 Å². The minimum atomic E-state index is 0.525. The number of ether oxygens (including phenoxy) is 1. The van der Waals surface area contributed by atoms with Crippen molar-refractivity contribution in [3.63, 3.8) is 0 Å². The molecule has 0 amide bonds. The first kappa shape index (κ1) is 10.7. The summed E-state index contributed by atoms with van der Waals surface area (Å²) in [4.78, 5) is 4.09. The molecule has 78 valence electrons. The van der Waals surface area contributed by atoms with Crippen molar-refractivity contribution in [2.24, 2.45) is 0 Å². The number of hydrogen-bond donors (Lipinski definition) is 0. The third-order valence-corrected chi connectivity index (χ3v) is 2.41. The highest BCUT2D eigenvalue weighted by molar-refractivity contribution is 9.10. The Labute approximate surface area is 102 Å². The first-order valence-corrected chi connectivity index (χ1v) is 5.43. The Kier molecular flexibility index (Phi) is 3.23. The van der Waals surface area contributed by atoms with Gasteiger partial charge in [0.25, 0.3) is 0 Å². The first-order chi connectivity index (χ1) is 7.78. The maximum atomic E-state index is 5.55. The van der Waals surface area contributed by atoms with Crippen LogP contribution in [0.25, 0.3) is 0 Å². The third-order valence-electron chi connectivity index (χ3n) is 1.92. The molecule has 16 heavy (non-hydrogen) atoms. The quantitative estimate of drug-likeness (QED) is 0.780. The lowest BCUT2D eigenvalue weighted by Crippen LogP contribution is -1.87. The number of benzene rings is 1. The smallest absolute Gasteiger partial charge is 0.219 e. The number of pyridine rings is 1. The zero-order chi connectivity index (χ0) is 11.4. The van der Waals surface area contributed by atoms with Crippen molar-refractivity contribution in [3.05, 3.63) is 52.6 Å². The van der Waals surface area contributed by atoms with E-state index in [4.69, 9.17) is 11.2 Å². The highest BCUT2D eigenvalue weighted by atomic mass is 79.9. The third kappa shape index (κ3) is 2.62. The SMILES string of the molecule is C#Cc1ccc(Oc2cccc(Br)c2)nc1. The second-order valence-corrected chi connectivity index (χ2v) is 4.00. The fourth-order valence-electron chi connectivity index (χ4n) is 1.18. The second kappa shape index (κ2) is 4.82. The minimum absolute atomic E-state index is 0.525. The molecule has 0 aliphatic heterocycles. The van der Waals surface area contributed by atoms with Crippen molar-refractivity contribution in [3.8, 4) is 24.0 Å². The fraction of sp³-hybridized carbons (Fsp3) is 0. The normalized spacial score (nSPS) is 9.50. The molecule has 2 nitrogen and oxygen atoms in total. The van der Waals surface area contributed by atoms with E-state index in [0.29, 0.717) is 5.88 Å². The van der Waals surface area contributed by atoms with E-state index in [1.165, 1.54) is 0 Å². The van der Waals surface area contributed by atoms with Crippen LogP contribution in [0, 0.1) is 12.3 Å². The predicted octanol–water partition coefficient (Wildman–Crippen LogP) is 3.62. The fourth-order valence-corrected chi connectivity index (χ4v) is 1.56. The number of halogens is 1. The molecule has 2 rings (SSSR count). The number of nitrogens with zero attached hydrogens (tertiary/aromatic N) is 1. The van der Waals surface area contributed by atoms with Gasteiger partial charge in [-0.1, -0.05) is 27.9 Å².